The van der Waals surface area contributed by atoms with Crippen molar-refractivity contribution in [3.8, 4) is 0 Å². The highest BCUT2D eigenvalue weighted by Crippen LogP contribution is 1.84. The molecule has 0 saturated carbocycles. The molecule has 0 rings (SSSR count). The van der Waals surface area contributed by atoms with Crippen LogP contribution in [0.25, 0.3) is 0 Å². The molecule has 0 radical (unpaired) electrons. The highest BCUT2D eigenvalue weighted by molar-refractivity contribution is 4.90. The Bertz CT molecular complexity index is 126. The SMILES string of the molecule is C=C(COCCNCCC)NCC. The van der Waals surface area contributed by atoms with Crippen LogP contribution in [0.5, 0.6) is 0 Å². The van der Waals surface area contributed by atoms with Gasteiger partial charge in [-0.05, 0) is 19.9 Å². The van der Waals surface area contributed by atoms with Crippen molar-refractivity contribution in [3.05, 3.63) is 12.3 Å². The predicted octanol–water partition coefficient (Wildman–Crippen LogP) is 1.13. The molecule has 78 valence electrons. The second kappa shape index (κ2) is 9.55. The fourth-order valence-corrected chi connectivity index (χ4v) is 0.943. The van der Waals surface area contributed by atoms with Gasteiger partial charge in [-0.3, -0.25) is 0 Å². The normalized spacial score (nSPS) is 10.0. The summed E-state index contributed by atoms with van der Waals surface area (Å²) in [5, 5.41) is 6.37. The van der Waals surface area contributed by atoms with E-state index in [2.05, 4.69) is 24.1 Å². The monoisotopic (exact) mass is 186 g/mol. The van der Waals surface area contributed by atoms with E-state index in [1.54, 1.807) is 0 Å². The van der Waals surface area contributed by atoms with Gasteiger partial charge in [0, 0.05) is 18.8 Å². The van der Waals surface area contributed by atoms with Gasteiger partial charge in [0.1, 0.15) is 0 Å². The Morgan fingerprint density at radius 2 is 2.08 bits per heavy atom. The first-order valence-electron chi connectivity index (χ1n) is 5.01. The Morgan fingerprint density at radius 1 is 1.31 bits per heavy atom. The third-order valence-corrected chi connectivity index (χ3v) is 1.55. The van der Waals surface area contributed by atoms with Crippen LogP contribution in [-0.4, -0.2) is 32.8 Å². The Hall–Kier alpha value is -0.540. The van der Waals surface area contributed by atoms with E-state index in [4.69, 9.17) is 4.74 Å². The summed E-state index contributed by atoms with van der Waals surface area (Å²) in [5.41, 5.74) is 0.956. The first kappa shape index (κ1) is 12.5. The van der Waals surface area contributed by atoms with Gasteiger partial charge in [0.25, 0.3) is 0 Å². The summed E-state index contributed by atoms with van der Waals surface area (Å²) in [7, 11) is 0. The molecular formula is C10H22N2O. The number of hydrogen-bond donors (Lipinski definition) is 2. The number of nitrogens with one attached hydrogen (secondary N) is 2. The summed E-state index contributed by atoms with van der Waals surface area (Å²) >= 11 is 0. The third-order valence-electron chi connectivity index (χ3n) is 1.55. The number of hydrogen-bond acceptors (Lipinski definition) is 3. The minimum atomic E-state index is 0.613. The quantitative estimate of drug-likeness (QED) is 0.530. The molecule has 0 fully saturated rings. The molecule has 0 aliphatic rings. The van der Waals surface area contributed by atoms with Gasteiger partial charge >= 0.3 is 0 Å². The van der Waals surface area contributed by atoms with Crippen LogP contribution >= 0.6 is 0 Å². The second-order valence-electron chi connectivity index (χ2n) is 2.94. The first-order chi connectivity index (χ1) is 6.31. The minimum Gasteiger partial charge on any atom is -0.387 e. The lowest BCUT2D eigenvalue weighted by atomic mass is 10.5. The van der Waals surface area contributed by atoms with Gasteiger partial charge in [-0.15, -0.1) is 0 Å². The highest BCUT2D eigenvalue weighted by Gasteiger charge is 1.91. The standard InChI is InChI=1S/C10H22N2O/c1-4-6-11-7-8-13-9-10(3)12-5-2/h11-12H,3-9H2,1-2H3. The van der Waals surface area contributed by atoms with Crippen LogP contribution < -0.4 is 10.6 Å². The number of rotatable bonds is 9. The smallest absolute Gasteiger partial charge is 0.0857 e. The largest absolute Gasteiger partial charge is 0.387 e. The van der Waals surface area contributed by atoms with Crippen LogP contribution in [0.15, 0.2) is 12.3 Å². The maximum atomic E-state index is 5.37. The summed E-state index contributed by atoms with van der Waals surface area (Å²) in [6.07, 6.45) is 1.17. The molecule has 3 nitrogen and oxygen atoms in total. The average molecular weight is 186 g/mol. The fraction of sp³-hybridized carbons (Fsp3) is 0.800. The zero-order chi connectivity index (χ0) is 9.94. The molecule has 0 spiro atoms. The fourth-order valence-electron chi connectivity index (χ4n) is 0.943. The molecule has 0 amide bonds. The number of likely N-dealkylation sites (N-methyl/N-ethyl adjacent to an activating group) is 1. The van der Waals surface area contributed by atoms with Crippen molar-refractivity contribution in [2.45, 2.75) is 20.3 Å². The van der Waals surface area contributed by atoms with Crippen LogP contribution in [0.3, 0.4) is 0 Å². The molecule has 0 unspecified atom stereocenters. The van der Waals surface area contributed by atoms with Crippen molar-refractivity contribution < 1.29 is 4.74 Å². The lowest BCUT2D eigenvalue weighted by Crippen LogP contribution is -2.22. The molecule has 0 aromatic heterocycles. The first-order valence-corrected chi connectivity index (χ1v) is 5.01. The van der Waals surface area contributed by atoms with Gasteiger partial charge < -0.3 is 15.4 Å². The molecule has 0 bridgehead atoms. The summed E-state index contributed by atoms with van der Waals surface area (Å²) in [6, 6.07) is 0. The molecular weight excluding hydrogens is 164 g/mol. The molecule has 0 saturated heterocycles. The van der Waals surface area contributed by atoms with E-state index in [0.29, 0.717) is 6.61 Å². The summed E-state index contributed by atoms with van der Waals surface area (Å²) in [4.78, 5) is 0. The van der Waals surface area contributed by atoms with Crippen molar-refractivity contribution in [1.29, 1.82) is 0 Å². The van der Waals surface area contributed by atoms with Crippen LogP contribution in [0.2, 0.25) is 0 Å². The lowest BCUT2D eigenvalue weighted by Gasteiger charge is -2.08. The average Bonchev–Trinajstić information content (AvgIpc) is 2.11. The summed E-state index contributed by atoms with van der Waals surface area (Å²) in [6.45, 7) is 12.3. The van der Waals surface area contributed by atoms with Gasteiger partial charge in [-0.2, -0.15) is 0 Å². The highest BCUT2D eigenvalue weighted by atomic mass is 16.5. The van der Waals surface area contributed by atoms with Crippen LogP contribution in [0.4, 0.5) is 0 Å². The van der Waals surface area contributed by atoms with E-state index in [9.17, 15) is 0 Å². The van der Waals surface area contributed by atoms with Gasteiger partial charge in [0.05, 0.1) is 13.2 Å². The van der Waals surface area contributed by atoms with E-state index in [1.807, 2.05) is 6.92 Å². The Balaban J connectivity index is 3.02. The van der Waals surface area contributed by atoms with Gasteiger partial charge in [0.15, 0.2) is 0 Å². The van der Waals surface area contributed by atoms with Crippen LogP contribution in [0.1, 0.15) is 20.3 Å². The topological polar surface area (TPSA) is 33.3 Å². The van der Waals surface area contributed by atoms with Crippen molar-refractivity contribution in [2.24, 2.45) is 0 Å². The van der Waals surface area contributed by atoms with Crippen LogP contribution in [0, 0.1) is 0 Å². The molecule has 0 atom stereocenters. The van der Waals surface area contributed by atoms with Crippen molar-refractivity contribution in [3.63, 3.8) is 0 Å². The van der Waals surface area contributed by atoms with E-state index in [1.165, 1.54) is 6.42 Å². The Labute approximate surface area is 81.5 Å². The minimum absolute atomic E-state index is 0.613. The Kier molecular flexibility index (Phi) is 9.15. The molecule has 0 aromatic rings. The van der Waals surface area contributed by atoms with Crippen molar-refractivity contribution in [1.82, 2.24) is 10.6 Å². The maximum absolute atomic E-state index is 5.37. The van der Waals surface area contributed by atoms with Crippen molar-refractivity contribution >= 4 is 0 Å². The van der Waals surface area contributed by atoms with Gasteiger partial charge in [0.2, 0.25) is 0 Å². The lowest BCUT2D eigenvalue weighted by molar-refractivity contribution is 0.154. The molecule has 13 heavy (non-hydrogen) atoms. The van der Waals surface area contributed by atoms with Gasteiger partial charge in [-0.1, -0.05) is 13.5 Å². The maximum Gasteiger partial charge on any atom is 0.0857 e. The van der Waals surface area contributed by atoms with E-state index < -0.39 is 0 Å². The number of ether oxygens (including phenoxy) is 1. The van der Waals surface area contributed by atoms with Crippen molar-refractivity contribution in [2.75, 3.05) is 32.8 Å². The second-order valence-corrected chi connectivity index (χ2v) is 2.94. The third kappa shape index (κ3) is 9.37. The molecule has 0 aromatic carbocycles. The van der Waals surface area contributed by atoms with E-state index in [0.717, 1.165) is 31.9 Å². The molecule has 0 aliphatic heterocycles. The van der Waals surface area contributed by atoms with E-state index in [-0.39, 0.29) is 0 Å². The van der Waals surface area contributed by atoms with Crippen LogP contribution in [-0.2, 0) is 4.74 Å². The summed E-state index contributed by atoms with van der Waals surface area (Å²) in [5.74, 6) is 0. The molecule has 0 heterocycles. The molecule has 3 heteroatoms. The van der Waals surface area contributed by atoms with Gasteiger partial charge in [-0.25, -0.2) is 0 Å². The zero-order valence-electron chi connectivity index (χ0n) is 8.86. The van der Waals surface area contributed by atoms with E-state index >= 15 is 0 Å². The zero-order valence-corrected chi connectivity index (χ0v) is 8.86. The summed E-state index contributed by atoms with van der Waals surface area (Å²) < 4.78 is 5.37. The predicted molar refractivity (Wildman–Crippen MR) is 56.8 cm³/mol. The molecule has 0 aliphatic carbocycles. The Morgan fingerprint density at radius 3 is 2.69 bits per heavy atom. The molecule has 2 N–H and O–H groups in total.